The van der Waals surface area contributed by atoms with Crippen molar-refractivity contribution in [3.05, 3.63) is 68.8 Å². The first-order valence-electron chi connectivity index (χ1n) is 11.3. The zero-order valence-electron chi connectivity index (χ0n) is 18.1. The van der Waals surface area contributed by atoms with E-state index in [1.807, 2.05) is 11.0 Å². The highest BCUT2D eigenvalue weighted by molar-refractivity contribution is 7.99. The van der Waals surface area contributed by atoms with Gasteiger partial charge < -0.3 is 4.90 Å². The molecule has 2 aromatic heterocycles. The summed E-state index contributed by atoms with van der Waals surface area (Å²) in [5, 5.41) is 1.40. The van der Waals surface area contributed by atoms with Crippen LogP contribution in [0.3, 0.4) is 0 Å². The highest BCUT2D eigenvalue weighted by Gasteiger charge is 2.24. The van der Waals surface area contributed by atoms with Crippen LogP contribution in [0.15, 0.2) is 46.9 Å². The number of allylic oxidation sites excluding steroid dienone is 1. The second kappa shape index (κ2) is 9.24. The number of carbonyl (C=O) groups excluding carboxylic acids is 1. The zero-order chi connectivity index (χ0) is 22.1. The molecule has 3 heterocycles. The Morgan fingerprint density at radius 3 is 2.81 bits per heavy atom. The largest absolute Gasteiger partial charge is 0.337 e. The van der Waals surface area contributed by atoms with Gasteiger partial charge in [-0.05, 0) is 48.8 Å². The number of aromatic nitrogens is 2. The van der Waals surface area contributed by atoms with E-state index in [0.29, 0.717) is 18.2 Å². The summed E-state index contributed by atoms with van der Waals surface area (Å²) in [7, 11) is 0. The summed E-state index contributed by atoms with van der Waals surface area (Å²) >= 11 is 3.03. The third-order valence-electron chi connectivity index (χ3n) is 6.41. The molecule has 0 saturated carbocycles. The lowest BCUT2D eigenvalue weighted by Crippen LogP contribution is -2.37. The molecule has 0 N–H and O–H groups in total. The summed E-state index contributed by atoms with van der Waals surface area (Å²) in [5.41, 5.74) is 3.77. The van der Waals surface area contributed by atoms with Crippen molar-refractivity contribution in [1.82, 2.24) is 14.5 Å². The van der Waals surface area contributed by atoms with Gasteiger partial charge in [-0.3, -0.25) is 14.2 Å². The van der Waals surface area contributed by atoms with Gasteiger partial charge in [0.05, 0.1) is 11.1 Å². The molecule has 0 fully saturated rings. The predicted octanol–water partition coefficient (Wildman–Crippen LogP) is 4.59. The molecule has 5 nitrogen and oxygen atoms in total. The van der Waals surface area contributed by atoms with E-state index in [2.05, 4.69) is 24.8 Å². The first kappa shape index (κ1) is 21.5. The van der Waals surface area contributed by atoms with Crippen LogP contribution in [0.1, 0.15) is 40.8 Å². The Kier molecular flexibility index (Phi) is 6.20. The van der Waals surface area contributed by atoms with Crippen LogP contribution in [0.4, 0.5) is 0 Å². The molecular formula is C25H27N3O2S2. The molecule has 5 rings (SSSR count). The number of hydrogen-bond donors (Lipinski definition) is 0. The standard InChI is InChI=1S/C25H27N3O2S2/c1-2-13-28-24(30)22-19-10-4-3-5-11-20(19)32-23(22)26-25(28)31-16-21(29)27-14-12-17-8-6-7-9-18(17)15-27/h2,6-9H,1,3-5,10-16H2. The Labute approximate surface area is 196 Å². The van der Waals surface area contributed by atoms with Crippen LogP contribution in [-0.2, 0) is 37.1 Å². The van der Waals surface area contributed by atoms with E-state index in [1.165, 1.54) is 46.2 Å². The van der Waals surface area contributed by atoms with Crippen molar-refractivity contribution >= 4 is 39.2 Å². The highest BCUT2D eigenvalue weighted by atomic mass is 32.2. The second-order valence-electron chi connectivity index (χ2n) is 8.47. The van der Waals surface area contributed by atoms with Gasteiger partial charge >= 0.3 is 0 Å². The summed E-state index contributed by atoms with van der Waals surface area (Å²) in [5.74, 6) is 0.369. The Morgan fingerprint density at radius 2 is 1.97 bits per heavy atom. The lowest BCUT2D eigenvalue weighted by atomic mass is 10.00. The van der Waals surface area contributed by atoms with Gasteiger partial charge in [0.25, 0.3) is 5.56 Å². The first-order chi connectivity index (χ1) is 15.7. The van der Waals surface area contributed by atoms with E-state index >= 15 is 0 Å². The fourth-order valence-electron chi connectivity index (χ4n) is 4.72. The Balaban J connectivity index is 1.40. The van der Waals surface area contributed by atoms with Crippen molar-refractivity contribution in [1.29, 1.82) is 0 Å². The monoisotopic (exact) mass is 465 g/mol. The average Bonchev–Trinajstić information content (AvgIpc) is 3.00. The van der Waals surface area contributed by atoms with Crippen molar-refractivity contribution in [2.45, 2.75) is 56.8 Å². The molecule has 1 amide bonds. The lowest BCUT2D eigenvalue weighted by molar-refractivity contribution is -0.129. The number of thiophene rings is 1. The maximum Gasteiger partial charge on any atom is 0.263 e. The van der Waals surface area contributed by atoms with Crippen LogP contribution < -0.4 is 5.56 Å². The highest BCUT2D eigenvalue weighted by Crippen LogP contribution is 2.34. The molecule has 7 heteroatoms. The summed E-state index contributed by atoms with van der Waals surface area (Å²) in [6.07, 6.45) is 8.14. The Bertz CT molecular complexity index is 1240. The van der Waals surface area contributed by atoms with Gasteiger partial charge in [0, 0.05) is 24.5 Å². The number of rotatable bonds is 5. The summed E-state index contributed by atoms with van der Waals surface area (Å²) < 4.78 is 1.69. The minimum Gasteiger partial charge on any atom is -0.337 e. The van der Waals surface area contributed by atoms with E-state index < -0.39 is 0 Å². The minimum absolute atomic E-state index is 0.0103. The van der Waals surface area contributed by atoms with Gasteiger partial charge in [-0.2, -0.15) is 0 Å². The van der Waals surface area contributed by atoms with Gasteiger partial charge in [-0.1, -0.05) is 48.5 Å². The number of aryl methyl sites for hydroxylation is 2. The molecule has 1 aliphatic heterocycles. The molecule has 1 aromatic carbocycles. The first-order valence-corrected chi connectivity index (χ1v) is 13.1. The van der Waals surface area contributed by atoms with Crippen molar-refractivity contribution in [3.8, 4) is 0 Å². The molecule has 0 radical (unpaired) electrons. The molecule has 0 unspecified atom stereocenters. The predicted molar refractivity (Wildman–Crippen MR) is 132 cm³/mol. The minimum atomic E-state index is 0.0103. The third-order valence-corrected chi connectivity index (χ3v) is 8.56. The molecule has 1 aliphatic carbocycles. The van der Waals surface area contributed by atoms with Crippen molar-refractivity contribution in [2.24, 2.45) is 0 Å². The number of amides is 1. The van der Waals surface area contributed by atoms with Crippen LogP contribution in [-0.4, -0.2) is 32.7 Å². The molecular weight excluding hydrogens is 438 g/mol. The van der Waals surface area contributed by atoms with Crippen LogP contribution in [0.2, 0.25) is 0 Å². The van der Waals surface area contributed by atoms with Crippen molar-refractivity contribution < 1.29 is 4.79 Å². The second-order valence-corrected chi connectivity index (χ2v) is 10.5. The lowest BCUT2D eigenvalue weighted by Gasteiger charge is -2.28. The van der Waals surface area contributed by atoms with Crippen LogP contribution >= 0.6 is 23.1 Å². The maximum atomic E-state index is 13.4. The third kappa shape index (κ3) is 4.04. The molecule has 0 spiro atoms. The SMILES string of the molecule is C=CCn1c(SCC(=O)N2CCc3ccccc3C2)nc2sc3c(c2c1=O)CCCCC3. The zero-order valence-corrected chi connectivity index (χ0v) is 19.8. The topological polar surface area (TPSA) is 55.2 Å². The number of thioether (sulfide) groups is 1. The van der Waals surface area contributed by atoms with Crippen LogP contribution in [0.25, 0.3) is 10.2 Å². The van der Waals surface area contributed by atoms with Gasteiger partial charge in [0.1, 0.15) is 4.83 Å². The normalized spacial score (nSPS) is 15.8. The van der Waals surface area contributed by atoms with E-state index in [4.69, 9.17) is 4.98 Å². The number of nitrogens with zero attached hydrogens (tertiary/aromatic N) is 3. The molecule has 3 aromatic rings. The number of carbonyl (C=O) groups is 1. The Morgan fingerprint density at radius 1 is 1.16 bits per heavy atom. The number of benzene rings is 1. The summed E-state index contributed by atoms with van der Waals surface area (Å²) in [4.78, 5) is 35.3. The Hall–Kier alpha value is -2.38. The fraction of sp³-hybridized carbons (Fsp3) is 0.400. The van der Waals surface area contributed by atoms with Crippen molar-refractivity contribution in [3.63, 3.8) is 0 Å². The quantitative estimate of drug-likeness (QED) is 0.239. The molecule has 32 heavy (non-hydrogen) atoms. The fourth-order valence-corrected chi connectivity index (χ4v) is 6.94. The molecule has 0 atom stereocenters. The van der Waals surface area contributed by atoms with E-state index in [1.54, 1.807) is 22.0 Å². The average molecular weight is 466 g/mol. The van der Waals surface area contributed by atoms with E-state index in [-0.39, 0.29) is 17.2 Å². The van der Waals surface area contributed by atoms with Crippen molar-refractivity contribution in [2.75, 3.05) is 12.3 Å². The van der Waals surface area contributed by atoms with Crippen LogP contribution in [0.5, 0.6) is 0 Å². The molecule has 0 saturated heterocycles. The molecule has 166 valence electrons. The number of fused-ring (bicyclic) bond motifs is 4. The van der Waals surface area contributed by atoms with Gasteiger partial charge in [-0.25, -0.2) is 4.98 Å². The molecule has 2 aliphatic rings. The molecule has 0 bridgehead atoms. The van der Waals surface area contributed by atoms with E-state index in [9.17, 15) is 9.59 Å². The number of hydrogen-bond acceptors (Lipinski definition) is 5. The van der Waals surface area contributed by atoms with Crippen LogP contribution in [0, 0.1) is 0 Å². The maximum absolute atomic E-state index is 13.4. The van der Waals surface area contributed by atoms with Gasteiger partial charge in [0.2, 0.25) is 5.91 Å². The summed E-state index contributed by atoms with van der Waals surface area (Å²) in [6.45, 7) is 5.62. The smallest absolute Gasteiger partial charge is 0.263 e. The summed E-state index contributed by atoms with van der Waals surface area (Å²) in [6, 6.07) is 8.32. The van der Waals surface area contributed by atoms with E-state index in [0.717, 1.165) is 42.4 Å². The van der Waals surface area contributed by atoms with Gasteiger partial charge in [-0.15, -0.1) is 17.9 Å². The van der Waals surface area contributed by atoms with Gasteiger partial charge in [0.15, 0.2) is 5.16 Å².